The summed E-state index contributed by atoms with van der Waals surface area (Å²) in [4.78, 5) is 21.8. The Morgan fingerprint density at radius 1 is 1.21 bits per heavy atom. The monoisotopic (exact) mass is 470 g/mol. The van der Waals surface area contributed by atoms with Gasteiger partial charge in [-0.3, -0.25) is 19.2 Å². The van der Waals surface area contributed by atoms with Crippen molar-refractivity contribution < 1.29 is 27.6 Å². The largest absolute Gasteiger partial charge is 0.492 e. The summed E-state index contributed by atoms with van der Waals surface area (Å²) in [6.07, 6.45) is 0.841. The number of benzene rings is 2. The minimum Gasteiger partial charge on any atom is -0.492 e. The third-order valence-electron chi connectivity index (χ3n) is 4.44. The van der Waals surface area contributed by atoms with Gasteiger partial charge in [-0.25, -0.2) is 8.42 Å². The number of hydrogen-bond donors (Lipinski definition) is 0. The lowest BCUT2D eigenvalue weighted by Crippen LogP contribution is -2.30. The number of sulfonamides is 1. The number of para-hydroxylation sites is 1. The highest BCUT2D eigenvalue weighted by Crippen LogP contribution is 2.51. The van der Waals surface area contributed by atoms with Crippen molar-refractivity contribution in [2.45, 2.75) is 11.3 Å². The first-order chi connectivity index (χ1) is 13.3. The van der Waals surface area contributed by atoms with E-state index < -0.39 is 25.5 Å². The zero-order valence-electron chi connectivity index (χ0n) is 14.8. The lowest BCUT2D eigenvalue weighted by Gasteiger charge is -2.23. The van der Waals surface area contributed by atoms with Gasteiger partial charge < -0.3 is 9.47 Å². The first-order valence-electron chi connectivity index (χ1n) is 7.97. The number of nitro benzene ring substituents is 1. The highest BCUT2D eigenvalue weighted by atomic mass is 79.9. The van der Waals surface area contributed by atoms with Gasteiger partial charge >= 0.3 is 0 Å². The number of halogens is 1. The van der Waals surface area contributed by atoms with Crippen LogP contribution in [0.3, 0.4) is 0 Å². The summed E-state index contributed by atoms with van der Waals surface area (Å²) in [5, 5.41) is 11.3. The van der Waals surface area contributed by atoms with Crippen LogP contribution in [0.1, 0.15) is 15.9 Å². The van der Waals surface area contributed by atoms with Crippen LogP contribution < -0.4 is 13.8 Å². The summed E-state index contributed by atoms with van der Waals surface area (Å²) in [5.41, 5.74) is 0.312. The molecule has 148 valence electrons. The number of carbonyl (C=O) groups is 1. The summed E-state index contributed by atoms with van der Waals surface area (Å²) in [7, 11) is -1.59. The zero-order chi connectivity index (χ0) is 20.6. The molecule has 0 fully saturated rings. The van der Waals surface area contributed by atoms with Crippen LogP contribution >= 0.6 is 15.9 Å². The number of rotatable bonds is 6. The number of methoxy groups -OCH3 is 2. The van der Waals surface area contributed by atoms with Gasteiger partial charge in [0.2, 0.25) is 0 Å². The third kappa shape index (κ3) is 2.90. The van der Waals surface area contributed by atoms with E-state index in [1.165, 1.54) is 32.4 Å². The number of nitrogens with zero attached hydrogens (tertiary/aromatic N) is 2. The molecule has 2 aromatic rings. The fourth-order valence-corrected chi connectivity index (χ4v) is 5.58. The maximum absolute atomic E-state index is 13.3. The molecule has 1 aliphatic heterocycles. The average Bonchev–Trinajstić information content (AvgIpc) is 3.12. The molecule has 2 aromatic carbocycles. The molecule has 1 aliphatic rings. The van der Waals surface area contributed by atoms with Crippen molar-refractivity contribution in [2.24, 2.45) is 0 Å². The molecule has 28 heavy (non-hydrogen) atoms. The number of ether oxygens (including phenoxy) is 2. The van der Waals surface area contributed by atoms with E-state index in [0.29, 0.717) is 16.3 Å². The number of anilines is 1. The van der Waals surface area contributed by atoms with Crippen molar-refractivity contribution in [1.82, 2.24) is 0 Å². The Kier molecular flexibility index (Phi) is 5.31. The van der Waals surface area contributed by atoms with E-state index in [1.54, 1.807) is 0 Å². The van der Waals surface area contributed by atoms with Crippen molar-refractivity contribution >= 4 is 43.6 Å². The average molecular weight is 471 g/mol. The summed E-state index contributed by atoms with van der Waals surface area (Å²) < 4.78 is 38.7. The van der Waals surface area contributed by atoms with Gasteiger partial charge in [-0.1, -0.05) is 12.1 Å². The van der Waals surface area contributed by atoms with Crippen molar-refractivity contribution in [3.8, 4) is 11.5 Å². The molecule has 9 nitrogen and oxygen atoms in total. The normalized spacial score (nSPS) is 13.2. The van der Waals surface area contributed by atoms with Gasteiger partial charge in [-0.15, -0.1) is 0 Å². The number of hydrogen-bond acceptors (Lipinski definition) is 7. The highest BCUT2D eigenvalue weighted by molar-refractivity contribution is 9.10. The van der Waals surface area contributed by atoms with Gasteiger partial charge in [0.1, 0.15) is 5.69 Å². The van der Waals surface area contributed by atoms with Gasteiger partial charge in [0.25, 0.3) is 15.7 Å². The Balaban J connectivity index is 2.31. The van der Waals surface area contributed by atoms with Gasteiger partial charge in [0.15, 0.2) is 22.7 Å². The molecule has 0 bridgehead atoms. The van der Waals surface area contributed by atoms with Crippen molar-refractivity contribution in [2.75, 3.05) is 25.1 Å². The molecule has 3 rings (SSSR count). The molecular formula is C17H15BrN2O7S. The Morgan fingerprint density at radius 3 is 2.43 bits per heavy atom. The Bertz CT molecular complexity index is 1090. The molecule has 11 heteroatoms. The smallest absolute Gasteiger partial charge is 0.289 e. The zero-order valence-corrected chi connectivity index (χ0v) is 17.2. The highest BCUT2D eigenvalue weighted by Gasteiger charge is 2.40. The molecule has 0 spiro atoms. The van der Waals surface area contributed by atoms with Crippen molar-refractivity contribution in [1.29, 1.82) is 0 Å². The molecule has 0 saturated heterocycles. The molecule has 0 saturated carbocycles. The van der Waals surface area contributed by atoms with Crippen LogP contribution in [0.5, 0.6) is 11.5 Å². The van der Waals surface area contributed by atoms with E-state index in [2.05, 4.69) is 15.9 Å². The van der Waals surface area contributed by atoms with Crippen LogP contribution in [-0.2, 0) is 16.4 Å². The van der Waals surface area contributed by atoms with Gasteiger partial charge in [0.05, 0.1) is 23.6 Å². The van der Waals surface area contributed by atoms with Crippen molar-refractivity contribution in [3.05, 3.63) is 50.0 Å². The second kappa shape index (κ2) is 7.40. The molecule has 0 aromatic heterocycles. The number of fused-ring (bicyclic) bond motifs is 1. The number of nitro groups is 1. The van der Waals surface area contributed by atoms with Crippen LogP contribution in [0.4, 0.5) is 11.4 Å². The summed E-state index contributed by atoms with van der Waals surface area (Å²) in [6.45, 7) is 0.000519. The topological polar surface area (TPSA) is 116 Å². The van der Waals surface area contributed by atoms with E-state index in [1.807, 2.05) is 0 Å². The second-order valence-corrected chi connectivity index (χ2v) is 8.41. The number of carbonyl (C=O) groups excluding carboxylic acids is 1. The molecule has 0 atom stereocenters. The fraction of sp³-hybridized carbons (Fsp3) is 0.235. The van der Waals surface area contributed by atoms with Crippen LogP contribution in [0.25, 0.3) is 0 Å². The second-order valence-electron chi connectivity index (χ2n) is 5.79. The standard InChI is InChI=1S/C17H15BrN2O7S/c1-26-16-14(18)11(9-21)10-7-8-19(15(10)17(16)27-2)28(24,25)13-6-4-3-5-12(13)20(22)23/h3-6,9H,7-8H2,1-2H3. The van der Waals surface area contributed by atoms with E-state index >= 15 is 0 Å². The van der Waals surface area contributed by atoms with E-state index in [0.717, 1.165) is 10.4 Å². The molecule has 0 N–H and O–H groups in total. The summed E-state index contributed by atoms with van der Waals surface area (Å²) in [5.74, 6) is 0.280. The molecule has 0 aliphatic carbocycles. The van der Waals surface area contributed by atoms with Gasteiger partial charge in [0, 0.05) is 18.2 Å². The first-order valence-corrected chi connectivity index (χ1v) is 10.2. The molecule has 0 unspecified atom stereocenters. The summed E-state index contributed by atoms with van der Waals surface area (Å²) in [6, 6.07) is 5.10. The van der Waals surface area contributed by atoms with Crippen molar-refractivity contribution in [3.63, 3.8) is 0 Å². The first kappa shape index (κ1) is 20.1. The molecule has 0 amide bonds. The maximum Gasteiger partial charge on any atom is 0.289 e. The van der Waals surface area contributed by atoms with Crippen LogP contribution in [0, 0.1) is 10.1 Å². The van der Waals surface area contributed by atoms with Crippen LogP contribution in [-0.4, -0.2) is 40.4 Å². The Hall–Kier alpha value is -2.66. The SMILES string of the molecule is COc1c(Br)c(C=O)c2c(c1OC)N(S(=O)(=O)c1ccccc1[N+](=O)[O-])CC2. The van der Waals surface area contributed by atoms with E-state index in [-0.39, 0.29) is 35.7 Å². The molecular weight excluding hydrogens is 456 g/mol. The summed E-state index contributed by atoms with van der Waals surface area (Å²) >= 11 is 3.30. The van der Waals surface area contributed by atoms with Gasteiger partial charge in [-0.05, 0) is 34.0 Å². The van der Waals surface area contributed by atoms with Crippen LogP contribution in [0.2, 0.25) is 0 Å². The minimum absolute atomic E-state index is 0.000519. The minimum atomic E-state index is -4.30. The molecule has 1 heterocycles. The maximum atomic E-state index is 13.3. The fourth-order valence-electron chi connectivity index (χ4n) is 3.25. The number of aldehydes is 1. The lowest BCUT2D eigenvalue weighted by atomic mass is 10.0. The van der Waals surface area contributed by atoms with E-state index in [9.17, 15) is 23.3 Å². The lowest BCUT2D eigenvalue weighted by molar-refractivity contribution is -0.387. The van der Waals surface area contributed by atoms with Crippen LogP contribution in [0.15, 0.2) is 33.6 Å². The quantitative estimate of drug-likeness (QED) is 0.361. The Labute approximate surface area is 169 Å². The predicted molar refractivity (Wildman–Crippen MR) is 104 cm³/mol. The molecule has 0 radical (unpaired) electrons. The van der Waals surface area contributed by atoms with E-state index in [4.69, 9.17) is 9.47 Å². The Morgan fingerprint density at radius 2 is 1.86 bits per heavy atom. The van der Waals surface area contributed by atoms with Gasteiger partial charge in [-0.2, -0.15) is 0 Å². The predicted octanol–water partition coefficient (Wildman–Crippen LogP) is 2.94. The third-order valence-corrected chi connectivity index (χ3v) is 7.07.